The Kier molecular flexibility index (Phi) is 4.09. The second-order valence-corrected chi connectivity index (χ2v) is 5.02. The van der Waals surface area contributed by atoms with Gasteiger partial charge in [0.05, 0.1) is 10.7 Å². The van der Waals surface area contributed by atoms with Crippen LogP contribution in [0.15, 0.2) is 18.2 Å². The Morgan fingerprint density at radius 2 is 2.22 bits per heavy atom. The quantitative estimate of drug-likeness (QED) is 0.876. The lowest BCUT2D eigenvalue weighted by atomic mass is 10.0. The van der Waals surface area contributed by atoms with Crippen molar-refractivity contribution in [2.75, 3.05) is 18.0 Å². The molecule has 1 aromatic rings. The molecule has 1 aliphatic rings. The Hall–Kier alpha value is -1.26. The highest BCUT2D eigenvalue weighted by Gasteiger charge is 2.23. The van der Waals surface area contributed by atoms with E-state index in [1.807, 2.05) is 6.07 Å². The number of hydrogen-bond donors (Lipinski definition) is 2. The largest absolute Gasteiger partial charge is 0.366 e. The molecule has 5 heteroatoms. The molecule has 1 saturated heterocycles. The van der Waals surface area contributed by atoms with Gasteiger partial charge in [0.15, 0.2) is 0 Å². The Labute approximate surface area is 112 Å². The molecule has 0 saturated carbocycles. The Morgan fingerprint density at radius 3 is 2.83 bits per heavy atom. The molecular formula is C13H18ClN3O. The zero-order valence-electron chi connectivity index (χ0n) is 10.2. The van der Waals surface area contributed by atoms with E-state index in [1.54, 1.807) is 12.1 Å². The second kappa shape index (κ2) is 5.59. The minimum atomic E-state index is -0.461. The first-order valence-electron chi connectivity index (χ1n) is 6.19. The molecule has 18 heavy (non-hydrogen) atoms. The number of nitrogens with zero attached hydrogens (tertiary/aromatic N) is 1. The minimum Gasteiger partial charge on any atom is -0.366 e. The molecule has 0 aromatic heterocycles. The van der Waals surface area contributed by atoms with Crippen LogP contribution in [0.5, 0.6) is 0 Å². The first-order chi connectivity index (χ1) is 8.63. The molecule has 4 N–H and O–H groups in total. The molecular weight excluding hydrogens is 250 g/mol. The first kappa shape index (κ1) is 13.2. The van der Waals surface area contributed by atoms with Crippen molar-refractivity contribution in [1.29, 1.82) is 0 Å². The Bertz CT molecular complexity index is 450. The maximum atomic E-state index is 11.1. The minimum absolute atomic E-state index is 0.329. The van der Waals surface area contributed by atoms with E-state index in [0.717, 1.165) is 25.1 Å². The summed E-state index contributed by atoms with van der Waals surface area (Å²) in [5.74, 6) is -0.461. The summed E-state index contributed by atoms with van der Waals surface area (Å²) in [7, 11) is 0. The van der Waals surface area contributed by atoms with E-state index in [2.05, 4.69) is 4.90 Å². The van der Waals surface area contributed by atoms with E-state index in [0.29, 0.717) is 23.2 Å². The molecule has 1 aromatic carbocycles. The van der Waals surface area contributed by atoms with Gasteiger partial charge in [-0.05, 0) is 37.5 Å². The summed E-state index contributed by atoms with van der Waals surface area (Å²) in [6.07, 6.45) is 3.43. The van der Waals surface area contributed by atoms with Crippen LogP contribution in [0, 0.1) is 0 Å². The fourth-order valence-electron chi connectivity index (χ4n) is 2.46. The lowest BCUT2D eigenvalue weighted by Crippen LogP contribution is -2.44. The number of amides is 1. The van der Waals surface area contributed by atoms with E-state index < -0.39 is 5.91 Å². The average molecular weight is 268 g/mol. The highest BCUT2D eigenvalue weighted by Crippen LogP contribution is 2.31. The third kappa shape index (κ3) is 2.60. The topological polar surface area (TPSA) is 72.3 Å². The van der Waals surface area contributed by atoms with Crippen molar-refractivity contribution in [2.45, 2.75) is 25.3 Å². The molecule has 1 atom stereocenters. The predicted molar refractivity (Wildman–Crippen MR) is 74.0 cm³/mol. The zero-order chi connectivity index (χ0) is 13.1. The van der Waals surface area contributed by atoms with Crippen molar-refractivity contribution in [3.8, 4) is 0 Å². The number of carbonyl (C=O) groups is 1. The van der Waals surface area contributed by atoms with E-state index in [9.17, 15) is 4.79 Å². The Morgan fingerprint density at radius 1 is 1.44 bits per heavy atom. The summed E-state index contributed by atoms with van der Waals surface area (Å²) in [6.45, 7) is 1.57. The van der Waals surface area contributed by atoms with Crippen LogP contribution in [-0.4, -0.2) is 25.0 Å². The van der Waals surface area contributed by atoms with Gasteiger partial charge in [-0.2, -0.15) is 0 Å². The summed E-state index contributed by atoms with van der Waals surface area (Å²) in [5.41, 5.74) is 12.4. The third-order valence-electron chi connectivity index (χ3n) is 3.44. The van der Waals surface area contributed by atoms with Crippen molar-refractivity contribution in [3.05, 3.63) is 28.8 Å². The van der Waals surface area contributed by atoms with Gasteiger partial charge < -0.3 is 16.4 Å². The molecule has 1 aliphatic heterocycles. The molecule has 1 amide bonds. The van der Waals surface area contributed by atoms with Gasteiger partial charge in [0, 0.05) is 24.7 Å². The maximum Gasteiger partial charge on any atom is 0.248 e. The van der Waals surface area contributed by atoms with E-state index in [4.69, 9.17) is 23.1 Å². The normalized spacial score (nSPS) is 19.9. The van der Waals surface area contributed by atoms with Crippen LogP contribution in [0.2, 0.25) is 5.02 Å². The van der Waals surface area contributed by atoms with Gasteiger partial charge in [0.25, 0.3) is 0 Å². The number of nitrogens with two attached hydrogens (primary N) is 2. The standard InChI is InChI=1S/C13H18ClN3O/c14-11-7-9(13(16)18)4-5-12(11)17-6-2-1-3-10(17)8-15/h4-5,7,10H,1-3,6,8,15H2,(H2,16,18). The predicted octanol–water partition coefficient (Wildman–Crippen LogP) is 1.76. The summed E-state index contributed by atoms with van der Waals surface area (Å²) in [5, 5.41) is 0.562. The fourth-order valence-corrected chi connectivity index (χ4v) is 2.74. The number of anilines is 1. The maximum absolute atomic E-state index is 11.1. The number of piperidine rings is 1. The molecule has 0 radical (unpaired) electrons. The molecule has 1 fully saturated rings. The van der Waals surface area contributed by atoms with Crippen LogP contribution in [0.25, 0.3) is 0 Å². The fraction of sp³-hybridized carbons (Fsp3) is 0.462. The van der Waals surface area contributed by atoms with Crippen molar-refractivity contribution in [3.63, 3.8) is 0 Å². The molecule has 4 nitrogen and oxygen atoms in total. The van der Waals surface area contributed by atoms with E-state index in [-0.39, 0.29) is 0 Å². The summed E-state index contributed by atoms with van der Waals surface area (Å²) < 4.78 is 0. The summed E-state index contributed by atoms with van der Waals surface area (Å²) in [4.78, 5) is 13.3. The monoisotopic (exact) mass is 267 g/mol. The highest BCUT2D eigenvalue weighted by atomic mass is 35.5. The van der Waals surface area contributed by atoms with Gasteiger partial charge >= 0.3 is 0 Å². The SMILES string of the molecule is NCC1CCCCN1c1ccc(C(N)=O)cc1Cl. The number of benzene rings is 1. The molecule has 0 bridgehead atoms. The lowest BCUT2D eigenvalue weighted by Gasteiger charge is -2.37. The number of primary amides is 1. The van der Waals surface area contributed by atoms with Crippen LogP contribution < -0.4 is 16.4 Å². The summed E-state index contributed by atoms with van der Waals surface area (Å²) in [6, 6.07) is 5.53. The van der Waals surface area contributed by atoms with Gasteiger partial charge in [0.1, 0.15) is 0 Å². The van der Waals surface area contributed by atoms with Gasteiger partial charge in [0.2, 0.25) is 5.91 Å². The molecule has 2 rings (SSSR count). The average Bonchev–Trinajstić information content (AvgIpc) is 2.38. The van der Waals surface area contributed by atoms with Gasteiger partial charge in [-0.25, -0.2) is 0 Å². The molecule has 1 unspecified atom stereocenters. The highest BCUT2D eigenvalue weighted by molar-refractivity contribution is 6.33. The number of carbonyl (C=O) groups excluding carboxylic acids is 1. The van der Waals surface area contributed by atoms with Crippen LogP contribution in [0.4, 0.5) is 5.69 Å². The van der Waals surface area contributed by atoms with Gasteiger partial charge in [-0.3, -0.25) is 4.79 Å². The van der Waals surface area contributed by atoms with E-state index >= 15 is 0 Å². The molecule has 1 heterocycles. The Balaban J connectivity index is 2.29. The van der Waals surface area contributed by atoms with Crippen molar-refractivity contribution < 1.29 is 4.79 Å². The molecule has 0 spiro atoms. The molecule has 0 aliphatic carbocycles. The van der Waals surface area contributed by atoms with E-state index in [1.165, 1.54) is 6.42 Å². The number of rotatable bonds is 3. The van der Waals surface area contributed by atoms with Crippen molar-refractivity contribution >= 4 is 23.2 Å². The van der Waals surface area contributed by atoms with Crippen LogP contribution in [0.3, 0.4) is 0 Å². The number of halogens is 1. The van der Waals surface area contributed by atoms with Gasteiger partial charge in [-0.15, -0.1) is 0 Å². The van der Waals surface area contributed by atoms with Crippen LogP contribution >= 0.6 is 11.6 Å². The van der Waals surface area contributed by atoms with Crippen molar-refractivity contribution in [2.24, 2.45) is 11.5 Å². The van der Waals surface area contributed by atoms with Crippen LogP contribution in [-0.2, 0) is 0 Å². The smallest absolute Gasteiger partial charge is 0.248 e. The third-order valence-corrected chi connectivity index (χ3v) is 3.74. The first-order valence-corrected chi connectivity index (χ1v) is 6.57. The second-order valence-electron chi connectivity index (χ2n) is 4.61. The number of hydrogen-bond acceptors (Lipinski definition) is 3. The summed E-state index contributed by atoms with van der Waals surface area (Å²) >= 11 is 6.24. The van der Waals surface area contributed by atoms with Gasteiger partial charge in [-0.1, -0.05) is 11.6 Å². The zero-order valence-corrected chi connectivity index (χ0v) is 11.0. The lowest BCUT2D eigenvalue weighted by molar-refractivity contribution is 0.100. The molecule has 98 valence electrons. The van der Waals surface area contributed by atoms with Crippen LogP contribution in [0.1, 0.15) is 29.6 Å². The van der Waals surface area contributed by atoms with Crippen molar-refractivity contribution in [1.82, 2.24) is 0 Å².